The number of hydrogen-bond donors (Lipinski definition) is 0. The number of aromatic nitrogens is 2. The van der Waals surface area contributed by atoms with Gasteiger partial charge in [-0.3, -0.25) is 19.3 Å². The second kappa shape index (κ2) is 8.61. The third-order valence-corrected chi connectivity index (χ3v) is 7.30. The van der Waals surface area contributed by atoms with Gasteiger partial charge in [0.05, 0.1) is 23.4 Å². The van der Waals surface area contributed by atoms with Gasteiger partial charge in [-0.05, 0) is 58.1 Å². The molecule has 3 amide bonds. The number of fused-ring (bicyclic) bond motifs is 1. The summed E-state index contributed by atoms with van der Waals surface area (Å²) < 4.78 is 4.71. The summed E-state index contributed by atoms with van der Waals surface area (Å²) in [7, 11) is 0. The van der Waals surface area contributed by atoms with Gasteiger partial charge in [-0.1, -0.05) is 16.4 Å². The summed E-state index contributed by atoms with van der Waals surface area (Å²) in [6, 6.07) is 5.73. The molecule has 0 radical (unpaired) electrons. The molecule has 1 aromatic carbocycles. The Morgan fingerprint density at radius 2 is 1.85 bits per heavy atom. The van der Waals surface area contributed by atoms with Crippen molar-refractivity contribution >= 4 is 23.4 Å². The van der Waals surface area contributed by atoms with Crippen molar-refractivity contribution in [2.75, 3.05) is 24.5 Å². The van der Waals surface area contributed by atoms with Gasteiger partial charge in [-0.15, -0.1) is 0 Å². The molecule has 2 saturated heterocycles. The first kappa shape index (κ1) is 21.6. The van der Waals surface area contributed by atoms with Gasteiger partial charge < -0.3 is 9.80 Å². The Balaban J connectivity index is 1.31. The number of nitrogens with zero attached hydrogens (tertiary/aromatic N) is 5. The summed E-state index contributed by atoms with van der Waals surface area (Å²) in [5.41, 5.74) is 2.64. The van der Waals surface area contributed by atoms with E-state index < -0.39 is 0 Å². The lowest BCUT2D eigenvalue weighted by atomic mass is 9.92. The van der Waals surface area contributed by atoms with E-state index in [1.807, 2.05) is 12.1 Å². The largest absolute Gasteiger partial charge is 0.371 e. The van der Waals surface area contributed by atoms with Crippen LogP contribution in [0.25, 0.3) is 0 Å². The van der Waals surface area contributed by atoms with E-state index in [4.69, 9.17) is 4.63 Å². The van der Waals surface area contributed by atoms with E-state index >= 15 is 0 Å². The predicted molar refractivity (Wildman–Crippen MR) is 120 cm³/mol. The third kappa shape index (κ3) is 3.79. The predicted octanol–water partition coefficient (Wildman–Crippen LogP) is 2.79. The van der Waals surface area contributed by atoms with Crippen molar-refractivity contribution in [2.24, 2.45) is 5.92 Å². The van der Waals surface area contributed by atoms with Gasteiger partial charge in [0.1, 0.15) is 11.4 Å². The first-order valence-electron chi connectivity index (χ1n) is 11.8. The van der Waals surface area contributed by atoms with E-state index in [1.165, 1.54) is 11.3 Å². The molecule has 1 aromatic heterocycles. The fourth-order valence-electron chi connectivity index (χ4n) is 5.29. The zero-order chi connectivity index (χ0) is 23.1. The molecule has 4 heterocycles. The van der Waals surface area contributed by atoms with Gasteiger partial charge in [0.25, 0.3) is 11.8 Å². The van der Waals surface area contributed by atoms with Crippen molar-refractivity contribution < 1.29 is 19.0 Å². The van der Waals surface area contributed by atoms with E-state index in [-0.39, 0.29) is 30.2 Å². The maximum Gasteiger partial charge on any atom is 0.264 e. The normalized spacial score (nSPS) is 21.6. The van der Waals surface area contributed by atoms with Crippen LogP contribution in [0.1, 0.15) is 71.1 Å². The van der Waals surface area contributed by atoms with Crippen LogP contribution in [0.2, 0.25) is 0 Å². The molecular formula is C24H29N5O4. The molecule has 5 rings (SSSR count). The van der Waals surface area contributed by atoms with Crippen molar-refractivity contribution in [3.63, 3.8) is 0 Å². The Labute approximate surface area is 192 Å². The average molecular weight is 452 g/mol. The molecule has 3 aliphatic rings. The standard InChI is InChI=1S/C24H29N5O4/c1-15-6-3-4-11-28(15)22(30)17-9-12-27(13-10-17)20-8-5-7-18-21(20)24(32)29(23(18)31)14-19-16(2)25-33-26-19/h5,7-8,15,17H,3-4,6,9-14H2,1-2H3. The Kier molecular flexibility index (Phi) is 5.64. The van der Waals surface area contributed by atoms with Crippen LogP contribution in [0, 0.1) is 12.8 Å². The van der Waals surface area contributed by atoms with Crippen LogP contribution in [0.3, 0.4) is 0 Å². The summed E-state index contributed by atoms with van der Waals surface area (Å²) in [6.45, 7) is 6.13. The number of amides is 3. The van der Waals surface area contributed by atoms with Gasteiger partial charge in [0.15, 0.2) is 0 Å². The van der Waals surface area contributed by atoms with Crippen molar-refractivity contribution in [3.05, 3.63) is 40.7 Å². The molecule has 174 valence electrons. The molecule has 0 bridgehead atoms. The number of anilines is 1. The van der Waals surface area contributed by atoms with Crippen molar-refractivity contribution in [1.82, 2.24) is 20.1 Å². The molecule has 2 aromatic rings. The highest BCUT2D eigenvalue weighted by molar-refractivity contribution is 6.23. The fourth-order valence-corrected chi connectivity index (χ4v) is 5.29. The zero-order valence-corrected chi connectivity index (χ0v) is 19.1. The summed E-state index contributed by atoms with van der Waals surface area (Å²) in [5.74, 6) is -0.360. The number of rotatable bonds is 4. The number of carbonyl (C=O) groups excluding carboxylic acids is 3. The van der Waals surface area contributed by atoms with Crippen LogP contribution in [-0.2, 0) is 11.3 Å². The van der Waals surface area contributed by atoms with Crippen LogP contribution in [0.5, 0.6) is 0 Å². The summed E-state index contributed by atoms with van der Waals surface area (Å²) >= 11 is 0. The lowest BCUT2D eigenvalue weighted by Gasteiger charge is -2.39. The molecule has 0 saturated carbocycles. The molecule has 33 heavy (non-hydrogen) atoms. The number of likely N-dealkylation sites (tertiary alicyclic amines) is 1. The van der Waals surface area contributed by atoms with Crippen molar-refractivity contribution in [1.29, 1.82) is 0 Å². The lowest BCUT2D eigenvalue weighted by molar-refractivity contribution is -0.139. The Hall–Kier alpha value is -3.23. The van der Waals surface area contributed by atoms with Crippen LogP contribution in [0.4, 0.5) is 5.69 Å². The Morgan fingerprint density at radius 3 is 2.55 bits per heavy atom. The monoisotopic (exact) mass is 451 g/mol. The molecule has 1 atom stereocenters. The Morgan fingerprint density at radius 1 is 1.06 bits per heavy atom. The molecule has 2 fully saturated rings. The number of imide groups is 1. The minimum absolute atomic E-state index is 0.0232. The number of carbonyl (C=O) groups is 3. The number of piperidine rings is 2. The van der Waals surface area contributed by atoms with E-state index in [9.17, 15) is 14.4 Å². The molecule has 9 heteroatoms. The summed E-state index contributed by atoms with van der Waals surface area (Å²) in [6.07, 6.45) is 4.86. The maximum absolute atomic E-state index is 13.3. The Bertz CT molecular complexity index is 1090. The number of hydrogen-bond acceptors (Lipinski definition) is 7. The molecule has 3 aliphatic heterocycles. The van der Waals surface area contributed by atoms with E-state index in [1.54, 1.807) is 13.0 Å². The molecule has 0 spiro atoms. The minimum Gasteiger partial charge on any atom is -0.371 e. The maximum atomic E-state index is 13.3. The fraction of sp³-hybridized carbons (Fsp3) is 0.542. The van der Waals surface area contributed by atoms with Gasteiger partial charge in [-0.25, -0.2) is 4.63 Å². The van der Waals surface area contributed by atoms with Crippen LogP contribution < -0.4 is 4.90 Å². The smallest absolute Gasteiger partial charge is 0.264 e. The van der Waals surface area contributed by atoms with E-state index in [0.717, 1.165) is 37.9 Å². The van der Waals surface area contributed by atoms with E-state index in [2.05, 4.69) is 27.0 Å². The van der Waals surface area contributed by atoms with Crippen LogP contribution >= 0.6 is 0 Å². The van der Waals surface area contributed by atoms with Crippen LogP contribution in [0.15, 0.2) is 22.8 Å². The molecule has 0 aliphatic carbocycles. The zero-order valence-electron chi connectivity index (χ0n) is 19.1. The van der Waals surface area contributed by atoms with E-state index in [0.29, 0.717) is 41.6 Å². The second-order valence-electron chi connectivity index (χ2n) is 9.33. The third-order valence-electron chi connectivity index (χ3n) is 7.30. The highest BCUT2D eigenvalue weighted by Gasteiger charge is 2.40. The highest BCUT2D eigenvalue weighted by atomic mass is 16.6. The number of benzene rings is 1. The van der Waals surface area contributed by atoms with Crippen molar-refractivity contribution in [3.8, 4) is 0 Å². The lowest BCUT2D eigenvalue weighted by Crippen LogP contribution is -2.48. The molecular weight excluding hydrogens is 422 g/mol. The highest BCUT2D eigenvalue weighted by Crippen LogP contribution is 2.35. The first-order chi connectivity index (χ1) is 16.0. The SMILES string of the molecule is Cc1nonc1CN1C(=O)c2cccc(N3CCC(C(=O)N4CCCCC4C)CC3)c2C1=O. The van der Waals surface area contributed by atoms with Crippen molar-refractivity contribution in [2.45, 2.75) is 58.5 Å². The molecule has 0 N–H and O–H groups in total. The van der Waals surface area contributed by atoms with Gasteiger partial charge in [0, 0.05) is 31.6 Å². The second-order valence-corrected chi connectivity index (χ2v) is 9.33. The average Bonchev–Trinajstić information content (AvgIpc) is 3.35. The number of aryl methyl sites for hydroxylation is 1. The topological polar surface area (TPSA) is 99.8 Å². The summed E-state index contributed by atoms with van der Waals surface area (Å²) in [4.78, 5) is 44.7. The van der Waals surface area contributed by atoms with Gasteiger partial charge in [-0.2, -0.15) is 0 Å². The van der Waals surface area contributed by atoms with Crippen LogP contribution in [-0.4, -0.2) is 63.5 Å². The quantitative estimate of drug-likeness (QED) is 0.659. The first-order valence-corrected chi connectivity index (χ1v) is 11.8. The minimum atomic E-state index is -0.330. The molecule has 9 nitrogen and oxygen atoms in total. The molecule has 1 unspecified atom stereocenters. The van der Waals surface area contributed by atoms with Gasteiger partial charge >= 0.3 is 0 Å². The summed E-state index contributed by atoms with van der Waals surface area (Å²) in [5, 5.41) is 7.55. The van der Waals surface area contributed by atoms with Gasteiger partial charge in [0.2, 0.25) is 5.91 Å².